The predicted octanol–water partition coefficient (Wildman–Crippen LogP) is 1.18. The third-order valence-electron chi connectivity index (χ3n) is 2.65. The summed E-state index contributed by atoms with van der Waals surface area (Å²) in [6.07, 6.45) is 2.13. The second kappa shape index (κ2) is 6.29. The molecule has 1 N–H and O–H groups in total. The summed E-state index contributed by atoms with van der Waals surface area (Å²) in [4.78, 5) is 28.6. The summed E-state index contributed by atoms with van der Waals surface area (Å²) in [6.45, 7) is 2.42. The van der Waals surface area contributed by atoms with E-state index in [1.54, 1.807) is 11.3 Å². The second-order valence-electron chi connectivity index (χ2n) is 4.06. The summed E-state index contributed by atoms with van der Waals surface area (Å²) in [7, 11) is 0. The molecule has 19 heavy (non-hydrogen) atoms. The molecule has 0 unspecified atom stereocenters. The maximum Gasteiger partial charge on any atom is 0.253 e. The quantitative estimate of drug-likeness (QED) is 0.892. The van der Waals surface area contributed by atoms with Gasteiger partial charge < -0.3 is 5.32 Å². The van der Waals surface area contributed by atoms with E-state index in [0.717, 1.165) is 10.6 Å². The summed E-state index contributed by atoms with van der Waals surface area (Å²) in [5.74, 6) is -0.193. The highest BCUT2D eigenvalue weighted by atomic mass is 32.1. The first-order valence-corrected chi connectivity index (χ1v) is 6.91. The van der Waals surface area contributed by atoms with Crippen LogP contribution in [0.25, 0.3) is 0 Å². The minimum atomic E-state index is -0.196. The molecule has 2 aromatic heterocycles. The van der Waals surface area contributed by atoms with Crippen molar-refractivity contribution < 1.29 is 4.79 Å². The molecule has 0 atom stereocenters. The molecule has 0 aliphatic rings. The number of carbonyl (C=O) groups is 1. The molecule has 1 amide bonds. The highest BCUT2D eigenvalue weighted by Gasteiger charge is 2.05. The molecule has 0 saturated heterocycles. The molecule has 0 saturated carbocycles. The predicted molar refractivity (Wildman–Crippen MR) is 74.0 cm³/mol. The van der Waals surface area contributed by atoms with E-state index in [4.69, 9.17) is 0 Å². The van der Waals surface area contributed by atoms with Crippen LogP contribution in [0, 0.1) is 0 Å². The minimum absolute atomic E-state index is 0.00119. The van der Waals surface area contributed by atoms with E-state index in [-0.39, 0.29) is 18.0 Å². The molecular formula is C13H15N3O2S. The lowest BCUT2D eigenvalue weighted by atomic mass is 10.3. The lowest BCUT2D eigenvalue weighted by Crippen LogP contribution is -2.31. The standard InChI is InChI=1S/C13H15N3O2S/c1-2-10-6-13(18)16(9-15-10)8-12(17)14-7-11-4-3-5-19-11/h3-6,9H,2,7-8H2,1H3,(H,14,17). The Bertz CT molecular complexity index is 605. The van der Waals surface area contributed by atoms with Crippen LogP contribution in [0.1, 0.15) is 17.5 Å². The van der Waals surface area contributed by atoms with Gasteiger partial charge in [0, 0.05) is 16.6 Å². The van der Waals surface area contributed by atoms with Gasteiger partial charge in [-0.1, -0.05) is 13.0 Å². The molecule has 5 nitrogen and oxygen atoms in total. The Labute approximate surface area is 114 Å². The van der Waals surface area contributed by atoms with Crippen molar-refractivity contribution in [1.82, 2.24) is 14.9 Å². The second-order valence-corrected chi connectivity index (χ2v) is 5.09. The van der Waals surface area contributed by atoms with E-state index < -0.39 is 0 Å². The Morgan fingerprint density at radius 2 is 2.37 bits per heavy atom. The van der Waals surface area contributed by atoms with Crippen LogP contribution in [0.2, 0.25) is 0 Å². The normalized spacial score (nSPS) is 10.4. The first-order valence-electron chi connectivity index (χ1n) is 6.03. The molecule has 0 aliphatic heterocycles. The number of hydrogen-bond acceptors (Lipinski definition) is 4. The fourth-order valence-electron chi connectivity index (χ4n) is 1.59. The monoisotopic (exact) mass is 277 g/mol. The molecule has 100 valence electrons. The van der Waals surface area contributed by atoms with Gasteiger partial charge in [0.1, 0.15) is 6.54 Å². The third-order valence-corrected chi connectivity index (χ3v) is 3.53. The van der Waals surface area contributed by atoms with Gasteiger partial charge in [-0.25, -0.2) is 4.98 Å². The Hall–Kier alpha value is -1.95. The number of hydrogen-bond donors (Lipinski definition) is 1. The number of amides is 1. The van der Waals surface area contributed by atoms with Gasteiger partial charge in [-0.3, -0.25) is 14.2 Å². The summed E-state index contributed by atoms with van der Waals surface area (Å²) in [5.41, 5.74) is 0.540. The first kappa shape index (κ1) is 13.5. The lowest BCUT2D eigenvalue weighted by Gasteiger charge is -2.06. The Morgan fingerprint density at radius 3 is 3.00 bits per heavy atom. The zero-order valence-electron chi connectivity index (χ0n) is 10.6. The molecular weight excluding hydrogens is 262 g/mol. The van der Waals surface area contributed by atoms with Crippen LogP contribution in [-0.2, 0) is 24.3 Å². The summed E-state index contributed by atoms with van der Waals surface area (Å²) in [5, 5.41) is 4.73. The number of aromatic nitrogens is 2. The number of aryl methyl sites for hydroxylation is 1. The largest absolute Gasteiger partial charge is 0.350 e. The lowest BCUT2D eigenvalue weighted by molar-refractivity contribution is -0.121. The van der Waals surface area contributed by atoms with Crippen molar-refractivity contribution in [3.05, 3.63) is 50.8 Å². The van der Waals surface area contributed by atoms with Crippen LogP contribution in [0.15, 0.2) is 34.7 Å². The number of nitrogens with one attached hydrogen (secondary N) is 1. The molecule has 0 aromatic carbocycles. The minimum Gasteiger partial charge on any atom is -0.350 e. The van der Waals surface area contributed by atoms with E-state index in [2.05, 4.69) is 10.3 Å². The zero-order valence-corrected chi connectivity index (χ0v) is 11.4. The van der Waals surface area contributed by atoms with E-state index in [1.807, 2.05) is 24.4 Å². The summed E-state index contributed by atoms with van der Waals surface area (Å²) in [6, 6.07) is 5.35. The molecule has 6 heteroatoms. The van der Waals surface area contributed by atoms with Gasteiger partial charge in [0.25, 0.3) is 5.56 Å². The summed E-state index contributed by atoms with van der Waals surface area (Å²) < 4.78 is 1.31. The van der Waals surface area contributed by atoms with Crippen molar-refractivity contribution >= 4 is 17.2 Å². The highest BCUT2D eigenvalue weighted by molar-refractivity contribution is 7.09. The highest BCUT2D eigenvalue weighted by Crippen LogP contribution is 2.07. The van der Waals surface area contributed by atoms with Gasteiger partial charge >= 0.3 is 0 Å². The SMILES string of the molecule is CCc1cc(=O)n(CC(=O)NCc2cccs2)cn1. The molecule has 0 spiro atoms. The zero-order chi connectivity index (χ0) is 13.7. The van der Waals surface area contributed by atoms with Crippen LogP contribution >= 0.6 is 11.3 Å². The molecule has 2 aromatic rings. The van der Waals surface area contributed by atoms with E-state index >= 15 is 0 Å². The maximum atomic E-state index is 11.7. The molecule has 0 radical (unpaired) electrons. The van der Waals surface area contributed by atoms with Crippen molar-refractivity contribution in [2.75, 3.05) is 0 Å². The maximum absolute atomic E-state index is 11.7. The molecule has 0 fully saturated rings. The van der Waals surface area contributed by atoms with E-state index in [0.29, 0.717) is 13.0 Å². The van der Waals surface area contributed by atoms with E-state index in [9.17, 15) is 9.59 Å². The number of rotatable bonds is 5. The Balaban J connectivity index is 1.93. The fraction of sp³-hybridized carbons (Fsp3) is 0.308. The average molecular weight is 277 g/mol. The number of nitrogens with zero attached hydrogens (tertiary/aromatic N) is 2. The topological polar surface area (TPSA) is 64.0 Å². The van der Waals surface area contributed by atoms with Crippen LogP contribution in [0.5, 0.6) is 0 Å². The van der Waals surface area contributed by atoms with Crippen molar-refractivity contribution in [3.8, 4) is 0 Å². The number of carbonyl (C=O) groups excluding carboxylic acids is 1. The van der Waals surface area contributed by atoms with Gasteiger partial charge in [0.05, 0.1) is 12.9 Å². The Morgan fingerprint density at radius 1 is 1.53 bits per heavy atom. The van der Waals surface area contributed by atoms with Crippen LogP contribution < -0.4 is 10.9 Å². The van der Waals surface area contributed by atoms with Crippen LogP contribution in [-0.4, -0.2) is 15.5 Å². The molecule has 0 aliphatic carbocycles. The average Bonchev–Trinajstić information content (AvgIpc) is 2.92. The van der Waals surface area contributed by atoms with Gasteiger partial charge in [-0.2, -0.15) is 0 Å². The molecule has 0 bridgehead atoms. The Kier molecular flexibility index (Phi) is 4.46. The van der Waals surface area contributed by atoms with Crippen LogP contribution in [0.4, 0.5) is 0 Å². The first-order chi connectivity index (χ1) is 9.19. The van der Waals surface area contributed by atoms with Gasteiger partial charge in [0.2, 0.25) is 5.91 Å². The van der Waals surface area contributed by atoms with Gasteiger partial charge in [-0.15, -0.1) is 11.3 Å². The third kappa shape index (κ3) is 3.75. The van der Waals surface area contributed by atoms with Crippen molar-refractivity contribution in [1.29, 1.82) is 0 Å². The van der Waals surface area contributed by atoms with Crippen molar-refractivity contribution in [2.45, 2.75) is 26.4 Å². The van der Waals surface area contributed by atoms with Gasteiger partial charge in [-0.05, 0) is 17.9 Å². The molecule has 2 rings (SSSR count). The van der Waals surface area contributed by atoms with Crippen molar-refractivity contribution in [2.24, 2.45) is 0 Å². The smallest absolute Gasteiger partial charge is 0.253 e. The van der Waals surface area contributed by atoms with Gasteiger partial charge in [0.15, 0.2) is 0 Å². The van der Waals surface area contributed by atoms with Crippen LogP contribution in [0.3, 0.4) is 0 Å². The van der Waals surface area contributed by atoms with E-state index in [1.165, 1.54) is 17.0 Å². The fourth-order valence-corrected chi connectivity index (χ4v) is 2.23. The summed E-state index contributed by atoms with van der Waals surface area (Å²) >= 11 is 1.58. The molecule has 2 heterocycles. The number of thiophene rings is 1. The van der Waals surface area contributed by atoms with Crippen molar-refractivity contribution in [3.63, 3.8) is 0 Å².